The summed E-state index contributed by atoms with van der Waals surface area (Å²) in [5.74, 6) is -0.510. The highest BCUT2D eigenvalue weighted by molar-refractivity contribution is 9.10. The molecule has 2 aromatic carbocycles. The highest BCUT2D eigenvalue weighted by Crippen LogP contribution is 2.29. The zero-order chi connectivity index (χ0) is 15.6. The standard InChI is InChI=1S/C13H7BrCl2N2O3/c14-10-5-7(15)1-3-9(10)13(19)17-11-6-8(16)2-4-12(11)18(20)21/h1-6H,(H,17,19). The van der Waals surface area contributed by atoms with E-state index in [1.807, 2.05) is 0 Å². The smallest absolute Gasteiger partial charge is 0.292 e. The van der Waals surface area contributed by atoms with Crippen molar-refractivity contribution in [3.05, 3.63) is 66.6 Å². The van der Waals surface area contributed by atoms with Gasteiger partial charge in [0.25, 0.3) is 11.6 Å². The maximum Gasteiger partial charge on any atom is 0.292 e. The first kappa shape index (κ1) is 15.8. The number of amides is 1. The van der Waals surface area contributed by atoms with Crippen LogP contribution in [0, 0.1) is 10.1 Å². The molecule has 0 saturated heterocycles. The first-order valence-electron chi connectivity index (χ1n) is 5.59. The van der Waals surface area contributed by atoms with Gasteiger partial charge in [-0.1, -0.05) is 23.2 Å². The van der Waals surface area contributed by atoms with Crippen LogP contribution in [0.1, 0.15) is 10.4 Å². The minimum Gasteiger partial charge on any atom is -0.316 e. The number of hydrogen-bond acceptors (Lipinski definition) is 3. The number of carbonyl (C=O) groups is 1. The number of hydrogen-bond donors (Lipinski definition) is 1. The monoisotopic (exact) mass is 388 g/mol. The van der Waals surface area contributed by atoms with Crippen LogP contribution in [-0.2, 0) is 0 Å². The van der Waals surface area contributed by atoms with Crippen LogP contribution in [0.15, 0.2) is 40.9 Å². The lowest BCUT2D eigenvalue weighted by Crippen LogP contribution is -2.13. The molecule has 108 valence electrons. The fourth-order valence-electron chi connectivity index (χ4n) is 1.63. The zero-order valence-electron chi connectivity index (χ0n) is 10.3. The fourth-order valence-corrected chi connectivity index (χ4v) is 2.67. The van der Waals surface area contributed by atoms with Crippen LogP contribution < -0.4 is 5.32 Å². The van der Waals surface area contributed by atoms with Crippen molar-refractivity contribution in [1.29, 1.82) is 0 Å². The summed E-state index contributed by atoms with van der Waals surface area (Å²) in [6.07, 6.45) is 0. The molecule has 5 nitrogen and oxygen atoms in total. The molecule has 8 heteroatoms. The van der Waals surface area contributed by atoms with Gasteiger partial charge < -0.3 is 5.32 Å². The van der Waals surface area contributed by atoms with Gasteiger partial charge in [0.15, 0.2) is 0 Å². The molecule has 2 rings (SSSR count). The highest BCUT2D eigenvalue weighted by atomic mass is 79.9. The van der Waals surface area contributed by atoms with Gasteiger partial charge in [0.1, 0.15) is 5.69 Å². The van der Waals surface area contributed by atoms with Gasteiger partial charge in [0, 0.05) is 20.6 Å². The molecule has 0 atom stereocenters. The van der Waals surface area contributed by atoms with Crippen molar-refractivity contribution in [2.24, 2.45) is 0 Å². The van der Waals surface area contributed by atoms with Gasteiger partial charge in [-0.05, 0) is 46.3 Å². The van der Waals surface area contributed by atoms with E-state index in [0.717, 1.165) is 0 Å². The normalized spacial score (nSPS) is 10.2. The lowest BCUT2D eigenvalue weighted by Gasteiger charge is -2.08. The second-order valence-corrected chi connectivity index (χ2v) is 5.72. The van der Waals surface area contributed by atoms with Gasteiger partial charge >= 0.3 is 0 Å². The summed E-state index contributed by atoms with van der Waals surface area (Å²) in [6.45, 7) is 0. The molecule has 0 radical (unpaired) electrons. The number of nitrogens with one attached hydrogen (secondary N) is 1. The second-order valence-electron chi connectivity index (χ2n) is 4.00. The van der Waals surface area contributed by atoms with E-state index >= 15 is 0 Å². The number of nitro benzene ring substituents is 1. The number of anilines is 1. The summed E-state index contributed by atoms with van der Waals surface area (Å²) in [6, 6.07) is 8.55. The number of rotatable bonds is 3. The Kier molecular flexibility index (Phi) is 4.82. The van der Waals surface area contributed by atoms with Crippen LogP contribution in [0.25, 0.3) is 0 Å². The van der Waals surface area contributed by atoms with Crippen LogP contribution in [-0.4, -0.2) is 10.8 Å². The summed E-state index contributed by atoms with van der Waals surface area (Å²) in [5.41, 5.74) is 0.0888. The molecule has 0 bridgehead atoms. The largest absolute Gasteiger partial charge is 0.316 e. The van der Waals surface area contributed by atoms with E-state index in [-0.39, 0.29) is 16.4 Å². The Labute approximate surface area is 138 Å². The molecule has 0 saturated carbocycles. The summed E-state index contributed by atoms with van der Waals surface area (Å²) in [7, 11) is 0. The third kappa shape index (κ3) is 3.72. The Morgan fingerprint density at radius 2 is 1.76 bits per heavy atom. The minimum absolute atomic E-state index is 0.0272. The molecule has 0 aromatic heterocycles. The van der Waals surface area contributed by atoms with Crippen molar-refractivity contribution in [2.45, 2.75) is 0 Å². The van der Waals surface area contributed by atoms with Gasteiger partial charge in [0.05, 0.1) is 10.5 Å². The average molecular weight is 390 g/mol. The van der Waals surface area contributed by atoms with Crippen molar-refractivity contribution in [3.8, 4) is 0 Å². The third-order valence-electron chi connectivity index (χ3n) is 2.58. The van der Waals surface area contributed by atoms with E-state index in [4.69, 9.17) is 23.2 Å². The summed E-state index contributed by atoms with van der Waals surface area (Å²) in [4.78, 5) is 22.5. The van der Waals surface area contributed by atoms with E-state index in [2.05, 4.69) is 21.2 Å². The van der Waals surface area contributed by atoms with Gasteiger partial charge in [-0.2, -0.15) is 0 Å². The average Bonchev–Trinajstić information content (AvgIpc) is 2.37. The van der Waals surface area contributed by atoms with E-state index in [1.54, 1.807) is 12.1 Å². The maximum atomic E-state index is 12.2. The van der Waals surface area contributed by atoms with Crippen molar-refractivity contribution in [2.75, 3.05) is 5.32 Å². The predicted molar refractivity (Wildman–Crippen MR) is 85.2 cm³/mol. The molecular formula is C13H7BrCl2N2O3. The molecule has 0 unspecified atom stereocenters. The maximum absolute atomic E-state index is 12.2. The van der Waals surface area contributed by atoms with Gasteiger partial charge in [-0.15, -0.1) is 0 Å². The Morgan fingerprint density at radius 1 is 1.14 bits per heavy atom. The molecule has 0 heterocycles. The SMILES string of the molecule is O=C(Nc1cc(Cl)ccc1[N+](=O)[O-])c1ccc(Cl)cc1Br. The van der Waals surface area contributed by atoms with Crippen molar-refractivity contribution < 1.29 is 9.72 Å². The molecule has 0 aliphatic carbocycles. The third-order valence-corrected chi connectivity index (χ3v) is 3.71. The molecule has 1 N–H and O–H groups in total. The molecule has 2 aromatic rings. The summed E-state index contributed by atoms with van der Waals surface area (Å²) in [5, 5.41) is 14.2. The number of nitro groups is 1. The van der Waals surface area contributed by atoms with Gasteiger partial charge in [-0.3, -0.25) is 14.9 Å². The Bertz CT molecular complexity index is 737. The van der Waals surface area contributed by atoms with E-state index in [0.29, 0.717) is 15.1 Å². The molecule has 0 spiro atoms. The summed E-state index contributed by atoms with van der Waals surface area (Å²) < 4.78 is 0.484. The molecule has 1 amide bonds. The molecule has 0 aliphatic rings. The van der Waals surface area contributed by atoms with Gasteiger partial charge in [-0.25, -0.2) is 0 Å². The van der Waals surface area contributed by atoms with Crippen LogP contribution >= 0.6 is 39.1 Å². The van der Waals surface area contributed by atoms with Gasteiger partial charge in [0.2, 0.25) is 0 Å². The lowest BCUT2D eigenvalue weighted by molar-refractivity contribution is -0.383. The predicted octanol–water partition coefficient (Wildman–Crippen LogP) is 4.92. The first-order valence-corrected chi connectivity index (χ1v) is 7.13. The molecule has 0 fully saturated rings. The Balaban J connectivity index is 2.35. The number of carbonyl (C=O) groups excluding carboxylic acids is 1. The number of nitrogens with zero attached hydrogens (tertiary/aromatic N) is 1. The second kappa shape index (κ2) is 6.43. The van der Waals surface area contributed by atoms with E-state index in [9.17, 15) is 14.9 Å². The molecule has 0 aliphatic heterocycles. The first-order chi connectivity index (χ1) is 9.88. The van der Waals surface area contributed by atoms with Crippen LogP contribution in [0.3, 0.4) is 0 Å². The molecule has 21 heavy (non-hydrogen) atoms. The topological polar surface area (TPSA) is 72.2 Å². The van der Waals surface area contributed by atoms with Crippen molar-refractivity contribution in [3.63, 3.8) is 0 Å². The fraction of sp³-hybridized carbons (Fsp3) is 0. The van der Waals surface area contributed by atoms with E-state index < -0.39 is 10.8 Å². The van der Waals surface area contributed by atoms with Crippen LogP contribution in [0.5, 0.6) is 0 Å². The van der Waals surface area contributed by atoms with Crippen LogP contribution in [0.4, 0.5) is 11.4 Å². The Hall–Kier alpha value is -1.63. The molecular weight excluding hydrogens is 383 g/mol. The number of benzene rings is 2. The summed E-state index contributed by atoms with van der Waals surface area (Å²) >= 11 is 14.8. The van der Waals surface area contributed by atoms with E-state index in [1.165, 1.54) is 24.3 Å². The zero-order valence-corrected chi connectivity index (χ0v) is 13.4. The minimum atomic E-state index is -0.594. The quantitative estimate of drug-likeness (QED) is 0.598. The Morgan fingerprint density at radius 3 is 2.38 bits per heavy atom. The highest BCUT2D eigenvalue weighted by Gasteiger charge is 2.18. The van der Waals surface area contributed by atoms with Crippen molar-refractivity contribution >= 4 is 56.4 Å². The van der Waals surface area contributed by atoms with Crippen LogP contribution in [0.2, 0.25) is 10.0 Å². The number of halogens is 3. The van der Waals surface area contributed by atoms with Crippen molar-refractivity contribution in [1.82, 2.24) is 0 Å². The lowest BCUT2D eigenvalue weighted by atomic mass is 10.2.